The van der Waals surface area contributed by atoms with Gasteiger partial charge in [0.1, 0.15) is 10.1 Å². The van der Waals surface area contributed by atoms with Crippen molar-refractivity contribution >= 4 is 26.6 Å². The van der Waals surface area contributed by atoms with Crippen LogP contribution in [0.5, 0.6) is 0 Å². The van der Waals surface area contributed by atoms with Crippen LogP contribution in [0.3, 0.4) is 0 Å². The van der Waals surface area contributed by atoms with Gasteiger partial charge < -0.3 is 4.55 Å². The van der Waals surface area contributed by atoms with Crippen molar-refractivity contribution in [3.05, 3.63) is 36.4 Å². The topological polar surface area (TPSA) is 85.2 Å². The predicted molar refractivity (Wildman–Crippen MR) is 70.1 cm³/mol. The Bertz CT molecular complexity index is 739. The number of nitrogens with zero attached hydrogens (tertiary/aromatic N) is 3. The monoisotopic (exact) mass is 278 g/mol. The Morgan fingerprint density at radius 2 is 1.68 bits per heavy atom. The summed E-state index contributed by atoms with van der Waals surface area (Å²) in [5, 5.41) is 10.3. The molecule has 2 rings (SSSR count). The van der Waals surface area contributed by atoms with Crippen molar-refractivity contribution in [2.75, 3.05) is 14.1 Å². The fourth-order valence-electron chi connectivity index (χ4n) is 1.70. The molecule has 0 fully saturated rings. The minimum Gasteiger partial charge on any atom is -0.744 e. The molecule has 19 heavy (non-hydrogen) atoms. The van der Waals surface area contributed by atoms with Gasteiger partial charge in [-0.2, -0.15) is 0 Å². The van der Waals surface area contributed by atoms with Gasteiger partial charge in [-0.1, -0.05) is 29.5 Å². The molecule has 0 radical (unpaired) electrons. The van der Waals surface area contributed by atoms with E-state index in [0.717, 1.165) is 0 Å². The first kappa shape index (κ1) is 13.4. The Kier molecular flexibility index (Phi) is 3.50. The lowest BCUT2D eigenvalue weighted by atomic mass is 10.1. The van der Waals surface area contributed by atoms with E-state index in [1.54, 1.807) is 38.4 Å². The summed E-state index contributed by atoms with van der Waals surface area (Å²) in [6.07, 6.45) is 0. The summed E-state index contributed by atoms with van der Waals surface area (Å²) in [6, 6.07) is 9.43. The lowest BCUT2D eigenvalue weighted by Gasteiger charge is -2.11. The zero-order chi connectivity index (χ0) is 14.0. The third-order valence-corrected chi connectivity index (χ3v) is 3.36. The highest BCUT2D eigenvalue weighted by Gasteiger charge is 2.10. The molecule has 0 unspecified atom stereocenters. The van der Waals surface area contributed by atoms with Crippen molar-refractivity contribution < 1.29 is 13.0 Å². The maximum Gasteiger partial charge on any atom is 0.125 e. The number of rotatable bonds is 3. The van der Waals surface area contributed by atoms with Crippen LogP contribution in [0.1, 0.15) is 0 Å². The molecule has 100 valence electrons. The van der Waals surface area contributed by atoms with Gasteiger partial charge in [-0.05, 0) is 12.1 Å². The molecule has 0 amide bonds. The van der Waals surface area contributed by atoms with E-state index in [-0.39, 0.29) is 4.90 Å². The number of hydrogen-bond acceptors (Lipinski definition) is 5. The quantitative estimate of drug-likeness (QED) is 0.490. The summed E-state index contributed by atoms with van der Waals surface area (Å²) >= 11 is 0. The Labute approximate surface area is 111 Å². The van der Waals surface area contributed by atoms with Crippen molar-refractivity contribution in [1.82, 2.24) is 5.01 Å². The summed E-state index contributed by atoms with van der Waals surface area (Å²) in [5.74, 6) is 0. The van der Waals surface area contributed by atoms with E-state index in [1.807, 2.05) is 0 Å². The van der Waals surface area contributed by atoms with Gasteiger partial charge in [0, 0.05) is 24.9 Å². The molecule has 0 saturated carbocycles. The highest BCUT2D eigenvalue weighted by Crippen LogP contribution is 2.31. The molecule has 0 aliphatic heterocycles. The molecular formula is C12H12N3O3S-. The molecule has 0 saturated heterocycles. The summed E-state index contributed by atoms with van der Waals surface area (Å²) in [5.41, 5.74) is 0.511. The molecule has 6 nitrogen and oxygen atoms in total. The Morgan fingerprint density at radius 1 is 1.05 bits per heavy atom. The third-order valence-electron chi connectivity index (χ3n) is 2.46. The molecule has 0 bridgehead atoms. The second-order valence-electron chi connectivity index (χ2n) is 4.12. The lowest BCUT2D eigenvalue weighted by molar-refractivity contribution is 0.408. The van der Waals surface area contributed by atoms with Gasteiger partial charge in [0.05, 0.1) is 10.6 Å². The second kappa shape index (κ2) is 4.94. The first-order chi connectivity index (χ1) is 8.89. The summed E-state index contributed by atoms with van der Waals surface area (Å²) in [7, 11) is -1.06. The van der Waals surface area contributed by atoms with Crippen molar-refractivity contribution in [3.63, 3.8) is 0 Å². The first-order valence-electron chi connectivity index (χ1n) is 5.46. The van der Waals surface area contributed by atoms with Crippen LogP contribution in [-0.2, 0) is 10.1 Å². The number of benzene rings is 2. The molecule has 2 aromatic rings. The van der Waals surface area contributed by atoms with Crippen LogP contribution in [0.15, 0.2) is 51.6 Å². The minimum absolute atomic E-state index is 0.244. The zero-order valence-corrected chi connectivity index (χ0v) is 11.3. The lowest BCUT2D eigenvalue weighted by Crippen LogP contribution is -2.00. The average molecular weight is 278 g/mol. The first-order valence-corrected chi connectivity index (χ1v) is 6.87. The Morgan fingerprint density at radius 3 is 2.26 bits per heavy atom. The second-order valence-corrected chi connectivity index (χ2v) is 5.47. The number of fused-ring (bicyclic) bond motifs is 1. The summed E-state index contributed by atoms with van der Waals surface area (Å²) in [6.45, 7) is 0. The van der Waals surface area contributed by atoms with E-state index in [2.05, 4.69) is 10.3 Å². The molecule has 0 spiro atoms. The van der Waals surface area contributed by atoms with Crippen molar-refractivity contribution in [2.24, 2.45) is 10.3 Å². The summed E-state index contributed by atoms with van der Waals surface area (Å²) < 4.78 is 33.6. The van der Waals surface area contributed by atoms with Gasteiger partial charge in [0.25, 0.3) is 0 Å². The molecule has 0 aliphatic carbocycles. The van der Waals surface area contributed by atoms with E-state index in [9.17, 15) is 13.0 Å². The van der Waals surface area contributed by atoms with Crippen LogP contribution >= 0.6 is 0 Å². The van der Waals surface area contributed by atoms with Gasteiger partial charge in [-0.25, -0.2) is 8.42 Å². The fraction of sp³-hybridized carbons (Fsp3) is 0.167. The van der Waals surface area contributed by atoms with Crippen molar-refractivity contribution in [1.29, 1.82) is 0 Å². The van der Waals surface area contributed by atoms with E-state index >= 15 is 0 Å². The molecule has 0 heterocycles. The van der Waals surface area contributed by atoms with E-state index < -0.39 is 10.1 Å². The standard InChI is InChI=1S/C12H13N3O3S/c1-15(2)14-13-11-7-8-12(19(16,17)18)10-6-4-3-5-9(10)11/h3-8H,1-2H3,(H,16,17,18)/p-1. The molecular weight excluding hydrogens is 266 g/mol. The SMILES string of the molecule is CN(C)N=Nc1ccc(S(=O)(=O)[O-])c2ccccc12. The molecule has 0 atom stereocenters. The minimum atomic E-state index is -4.51. The zero-order valence-electron chi connectivity index (χ0n) is 10.4. The molecule has 0 aliphatic rings. The molecule has 2 aromatic carbocycles. The van der Waals surface area contributed by atoms with Crippen LogP contribution in [0.25, 0.3) is 10.8 Å². The van der Waals surface area contributed by atoms with Gasteiger partial charge in [-0.3, -0.25) is 5.01 Å². The third kappa shape index (κ3) is 2.88. The van der Waals surface area contributed by atoms with Crippen LogP contribution in [0, 0.1) is 0 Å². The number of hydrogen-bond donors (Lipinski definition) is 0. The molecule has 7 heteroatoms. The van der Waals surface area contributed by atoms with Crippen LogP contribution in [-0.4, -0.2) is 32.1 Å². The Hall–Kier alpha value is -1.99. The largest absolute Gasteiger partial charge is 0.744 e. The van der Waals surface area contributed by atoms with Gasteiger partial charge in [0.15, 0.2) is 0 Å². The van der Waals surface area contributed by atoms with Crippen LogP contribution in [0.4, 0.5) is 5.69 Å². The smallest absolute Gasteiger partial charge is 0.125 e. The van der Waals surface area contributed by atoms with Crippen LogP contribution in [0.2, 0.25) is 0 Å². The van der Waals surface area contributed by atoms with Crippen molar-refractivity contribution in [3.8, 4) is 0 Å². The van der Waals surface area contributed by atoms with E-state index in [0.29, 0.717) is 16.5 Å². The highest BCUT2D eigenvalue weighted by molar-refractivity contribution is 7.86. The van der Waals surface area contributed by atoms with Gasteiger partial charge in [-0.15, -0.1) is 5.11 Å². The maximum absolute atomic E-state index is 11.2. The fourth-order valence-corrected chi connectivity index (χ4v) is 2.38. The van der Waals surface area contributed by atoms with Crippen molar-refractivity contribution in [2.45, 2.75) is 4.90 Å². The maximum atomic E-state index is 11.2. The molecule has 0 aromatic heterocycles. The normalized spacial score (nSPS) is 12.2. The average Bonchev–Trinajstić information content (AvgIpc) is 2.34. The Balaban J connectivity index is 2.72. The van der Waals surface area contributed by atoms with Gasteiger partial charge in [0.2, 0.25) is 0 Å². The highest BCUT2D eigenvalue weighted by atomic mass is 32.2. The summed E-state index contributed by atoms with van der Waals surface area (Å²) in [4.78, 5) is -0.244. The molecule has 0 N–H and O–H groups in total. The van der Waals surface area contributed by atoms with E-state index in [4.69, 9.17) is 0 Å². The van der Waals surface area contributed by atoms with Gasteiger partial charge >= 0.3 is 0 Å². The van der Waals surface area contributed by atoms with Crippen LogP contribution < -0.4 is 0 Å². The van der Waals surface area contributed by atoms with E-state index in [1.165, 1.54) is 17.1 Å². The predicted octanol–water partition coefficient (Wildman–Crippen LogP) is 2.30.